The molecule has 0 aromatic heterocycles. The minimum atomic E-state index is -2.44. The second kappa shape index (κ2) is 6.87. The van der Waals surface area contributed by atoms with Gasteiger partial charge in [-0.05, 0) is 62.3 Å². The molecule has 0 heterocycles. The molecule has 1 aliphatic carbocycles. The van der Waals surface area contributed by atoms with Gasteiger partial charge in [0.1, 0.15) is 0 Å². The molecule has 1 fully saturated rings. The molecule has 1 aromatic rings. The molecule has 1 atom stereocenters. The van der Waals surface area contributed by atoms with Crippen molar-refractivity contribution in [2.24, 2.45) is 5.92 Å². The highest BCUT2D eigenvalue weighted by Gasteiger charge is 2.37. The second-order valence-corrected chi connectivity index (χ2v) is 6.43. The summed E-state index contributed by atoms with van der Waals surface area (Å²) >= 11 is 0. The molecule has 0 saturated heterocycles. The van der Waals surface area contributed by atoms with Gasteiger partial charge in [-0.2, -0.15) is 0 Å². The molecule has 118 valence electrons. The number of aryl methyl sites for hydroxylation is 2. The third-order valence-corrected chi connectivity index (χ3v) is 4.87. The van der Waals surface area contributed by atoms with Crippen LogP contribution in [0.4, 0.5) is 8.78 Å². The number of benzene rings is 1. The smallest absolute Gasteiger partial charge is 0.248 e. The molecule has 2 rings (SSSR count). The van der Waals surface area contributed by atoms with E-state index in [1.54, 1.807) is 0 Å². The maximum absolute atomic E-state index is 13.4. The van der Waals surface area contributed by atoms with Gasteiger partial charge in [0.15, 0.2) is 0 Å². The molecule has 0 spiro atoms. The van der Waals surface area contributed by atoms with Crippen LogP contribution in [0.3, 0.4) is 0 Å². The summed E-state index contributed by atoms with van der Waals surface area (Å²) in [6.45, 7) is 7.26. The lowest BCUT2D eigenvalue weighted by atomic mass is 9.79. The van der Waals surface area contributed by atoms with Gasteiger partial charge in [-0.1, -0.05) is 25.1 Å². The highest BCUT2D eigenvalue weighted by Crippen LogP contribution is 2.38. The Morgan fingerprint density at radius 2 is 1.76 bits per heavy atom. The first-order chi connectivity index (χ1) is 9.93. The Bertz CT molecular complexity index is 440. The van der Waals surface area contributed by atoms with Crippen LogP contribution in [-0.4, -0.2) is 18.5 Å². The van der Waals surface area contributed by atoms with Crippen LogP contribution < -0.4 is 5.32 Å². The van der Waals surface area contributed by atoms with Gasteiger partial charge in [0.05, 0.1) is 0 Å². The molecular formula is C18H27F2N. The van der Waals surface area contributed by atoms with Crippen molar-refractivity contribution in [1.82, 2.24) is 5.32 Å². The van der Waals surface area contributed by atoms with E-state index < -0.39 is 5.92 Å². The molecule has 1 aromatic carbocycles. The molecule has 0 amide bonds. The fourth-order valence-corrected chi connectivity index (χ4v) is 3.52. The lowest BCUT2D eigenvalue weighted by molar-refractivity contribution is -0.0494. The summed E-state index contributed by atoms with van der Waals surface area (Å²) < 4.78 is 26.7. The van der Waals surface area contributed by atoms with Crippen LogP contribution in [0.2, 0.25) is 0 Å². The summed E-state index contributed by atoms with van der Waals surface area (Å²) in [5.41, 5.74) is 3.99. The fourth-order valence-electron chi connectivity index (χ4n) is 3.52. The Hall–Kier alpha value is -0.960. The normalized spacial score (nSPS) is 20.4. The van der Waals surface area contributed by atoms with Gasteiger partial charge < -0.3 is 5.32 Å². The SMILES string of the molecule is CCNC(Cc1c(C)cccc1C)C1CCC(F)(F)CC1. The first-order valence-corrected chi connectivity index (χ1v) is 8.09. The maximum Gasteiger partial charge on any atom is 0.248 e. The predicted molar refractivity (Wildman–Crippen MR) is 84.0 cm³/mol. The van der Waals surface area contributed by atoms with Crippen LogP contribution in [0.15, 0.2) is 18.2 Å². The van der Waals surface area contributed by atoms with Crippen LogP contribution in [-0.2, 0) is 6.42 Å². The average molecular weight is 295 g/mol. The van der Waals surface area contributed by atoms with Gasteiger partial charge in [0.2, 0.25) is 5.92 Å². The van der Waals surface area contributed by atoms with Crippen molar-refractivity contribution in [2.75, 3.05) is 6.54 Å². The monoisotopic (exact) mass is 295 g/mol. The van der Waals surface area contributed by atoms with Crippen molar-refractivity contribution in [1.29, 1.82) is 0 Å². The summed E-state index contributed by atoms with van der Waals surface area (Å²) in [5, 5.41) is 3.54. The number of rotatable bonds is 5. The predicted octanol–water partition coefficient (Wildman–Crippen LogP) is 4.65. The molecule has 0 aliphatic heterocycles. The Morgan fingerprint density at radius 1 is 1.19 bits per heavy atom. The van der Waals surface area contributed by atoms with Crippen molar-refractivity contribution in [2.45, 2.75) is 64.8 Å². The lowest BCUT2D eigenvalue weighted by Gasteiger charge is -2.34. The number of alkyl halides is 2. The van der Waals surface area contributed by atoms with Crippen LogP contribution in [0.1, 0.15) is 49.3 Å². The third-order valence-electron chi connectivity index (χ3n) is 4.87. The Kier molecular flexibility index (Phi) is 5.37. The second-order valence-electron chi connectivity index (χ2n) is 6.43. The van der Waals surface area contributed by atoms with Crippen molar-refractivity contribution >= 4 is 0 Å². The van der Waals surface area contributed by atoms with Crippen molar-refractivity contribution in [3.05, 3.63) is 34.9 Å². The van der Waals surface area contributed by atoms with Crippen LogP contribution in [0.25, 0.3) is 0 Å². The van der Waals surface area contributed by atoms with Crippen molar-refractivity contribution in [3.8, 4) is 0 Å². The zero-order chi connectivity index (χ0) is 15.5. The minimum Gasteiger partial charge on any atom is -0.314 e. The van der Waals surface area contributed by atoms with E-state index in [1.165, 1.54) is 16.7 Å². The summed E-state index contributed by atoms with van der Waals surface area (Å²) in [6, 6.07) is 6.67. The Morgan fingerprint density at radius 3 is 2.29 bits per heavy atom. The Balaban J connectivity index is 2.09. The van der Waals surface area contributed by atoms with E-state index in [2.05, 4.69) is 44.3 Å². The molecule has 21 heavy (non-hydrogen) atoms. The lowest BCUT2D eigenvalue weighted by Crippen LogP contribution is -2.41. The summed E-state index contributed by atoms with van der Waals surface area (Å²) in [5.74, 6) is -2.07. The van der Waals surface area contributed by atoms with E-state index in [4.69, 9.17) is 0 Å². The Labute approximate surface area is 127 Å². The molecule has 3 heteroatoms. The van der Waals surface area contributed by atoms with Crippen molar-refractivity contribution < 1.29 is 8.78 Å². The number of nitrogens with one attached hydrogen (secondary N) is 1. The van der Waals surface area contributed by atoms with Gasteiger partial charge in [-0.25, -0.2) is 8.78 Å². The number of hydrogen-bond donors (Lipinski definition) is 1. The number of halogens is 2. The molecule has 1 nitrogen and oxygen atoms in total. The van der Waals surface area contributed by atoms with Crippen LogP contribution >= 0.6 is 0 Å². The van der Waals surface area contributed by atoms with Gasteiger partial charge in [0.25, 0.3) is 0 Å². The van der Waals surface area contributed by atoms with E-state index in [9.17, 15) is 8.78 Å². The molecule has 1 N–H and O–H groups in total. The van der Waals surface area contributed by atoms with Crippen LogP contribution in [0, 0.1) is 19.8 Å². The van der Waals surface area contributed by atoms with E-state index in [-0.39, 0.29) is 12.8 Å². The zero-order valence-electron chi connectivity index (χ0n) is 13.4. The molecular weight excluding hydrogens is 268 g/mol. The third kappa shape index (κ3) is 4.26. The highest BCUT2D eigenvalue weighted by atomic mass is 19.3. The van der Waals surface area contributed by atoms with Gasteiger partial charge in [0, 0.05) is 18.9 Å². The van der Waals surface area contributed by atoms with E-state index in [1.807, 2.05) is 0 Å². The minimum absolute atomic E-state index is 0.0479. The van der Waals surface area contributed by atoms with Crippen molar-refractivity contribution in [3.63, 3.8) is 0 Å². The summed E-state index contributed by atoms with van der Waals surface area (Å²) in [4.78, 5) is 0. The molecule has 1 aliphatic rings. The molecule has 1 saturated carbocycles. The fraction of sp³-hybridized carbons (Fsp3) is 0.667. The van der Waals surface area contributed by atoms with Gasteiger partial charge in [-0.15, -0.1) is 0 Å². The zero-order valence-corrected chi connectivity index (χ0v) is 13.4. The quantitative estimate of drug-likeness (QED) is 0.833. The summed E-state index contributed by atoms with van der Waals surface area (Å²) in [6.07, 6.45) is 2.31. The first kappa shape index (κ1) is 16.4. The number of hydrogen-bond acceptors (Lipinski definition) is 1. The molecule has 0 radical (unpaired) electrons. The van der Waals surface area contributed by atoms with Gasteiger partial charge >= 0.3 is 0 Å². The molecule has 0 bridgehead atoms. The van der Waals surface area contributed by atoms with Gasteiger partial charge in [-0.3, -0.25) is 0 Å². The highest BCUT2D eigenvalue weighted by molar-refractivity contribution is 5.34. The standard InChI is InChI=1S/C18H27F2N/c1-4-21-17(15-8-10-18(19,20)11-9-15)12-16-13(2)6-5-7-14(16)3/h5-7,15,17,21H,4,8-12H2,1-3H3. The topological polar surface area (TPSA) is 12.0 Å². The van der Waals surface area contributed by atoms with E-state index in [0.717, 1.165) is 13.0 Å². The largest absolute Gasteiger partial charge is 0.314 e. The number of likely N-dealkylation sites (N-methyl/N-ethyl adjacent to an activating group) is 1. The maximum atomic E-state index is 13.4. The van der Waals surface area contributed by atoms with E-state index in [0.29, 0.717) is 24.8 Å². The molecule has 1 unspecified atom stereocenters. The summed E-state index contributed by atoms with van der Waals surface area (Å²) in [7, 11) is 0. The average Bonchev–Trinajstić information content (AvgIpc) is 2.42. The van der Waals surface area contributed by atoms with E-state index >= 15 is 0 Å². The van der Waals surface area contributed by atoms with Crippen LogP contribution in [0.5, 0.6) is 0 Å². The first-order valence-electron chi connectivity index (χ1n) is 8.09.